The van der Waals surface area contributed by atoms with Crippen molar-refractivity contribution >= 4 is 17.7 Å². The predicted octanol–water partition coefficient (Wildman–Crippen LogP) is 5.63. The fourth-order valence-electron chi connectivity index (χ4n) is 4.39. The highest BCUT2D eigenvalue weighted by Crippen LogP contribution is 2.41. The maximum Gasteiger partial charge on any atom is 0.305 e. The Morgan fingerprint density at radius 1 is 0.967 bits per heavy atom. The first-order chi connectivity index (χ1) is 14.2. The summed E-state index contributed by atoms with van der Waals surface area (Å²) in [6.45, 7) is 3.21. The van der Waals surface area contributed by atoms with E-state index < -0.39 is 11.7 Å². The average molecular weight is 433 g/mol. The van der Waals surface area contributed by atoms with E-state index in [2.05, 4.69) is 4.74 Å². The topological polar surface area (TPSA) is 69.7 Å². The number of methoxy groups -OCH3 is 1. The standard InChI is InChI=1S/C23H38F2O5/c1-4-5-16-23(24,25)21(27)15-13-18-12-14-20(30-17(2)26)19(18)10-8-6-7-9-11-22(28)29-3/h18-20H,4-16H2,1-3H3/t18-,19-,20+/m1/s1. The van der Waals surface area contributed by atoms with Crippen LogP contribution in [0.5, 0.6) is 0 Å². The number of esters is 2. The molecule has 0 bridgehead atoms. The predicted molar refractivity (Wildman–Crippen MR) is 110 cm³/mol. The van der Waals surface area contributed by atoms with E-state index in [4.69, 9.17) is 4.74 Å². The van der Waals surface area contributed by atoms with Crippen LogP contribution in [0.2, 0.25) is 0 Å². The second kappa shape index (κ2) is 13.7. The van der Waals surface area contributed by atoms with Gasteiger partial charge in [0.05, 0.1) is 7.11 Å². The molecule has 0 N–H and O–H groups in total. The minimum Gasteiger partial charge on any atom is -0.469 e. The van der Waals surface area contributed by atoms with E-state index in [1.54, 1.807) is 0 Å². The molecule has 7 heteroatoms. The van der Waals surface area contributed by atoms with Gasteiger partial charge in [0.1, 0.15) is 6.10 Å². The highest BCUT2D eigenvalue weighted by molar-refractivity contribution is 5.85. The van der Waals surface area contributed by atoms with Gasteiger partial charge in [-0.2, -0.15) is 8.78 Å². The first kappa shape index (κ1) is 26.5. The van der Waals surface area contributed by atoms with E-state index in [1.807, 2.05) is 6.92 Å². The molecular weight excluding hydrogens is 394 g/mol. The van der Waals surface area contributed by atoms with Gasteiger partial charge in [0.25, 0.3) is 0 Å². The molecule has 3 atom stereocenters. The van der Waals surface area contributed by atoms with E-state index in [-0.39, 0.29) is 42.7 Å². The number of ketones is 1. The molecule has 0 heterocycles. The Hall–Kier alpha value is -1.53. The summed E-state index contributed by atoms with van der Waals surface area (Å²) in [5.41, 5.74) is 0. The molecule has 1 saturated carbocycles. The Bertz CT molecular complexity index is 550. The normalized spacial score (nSPS) is 21.4. The molecule has 1 aliphatic rings. The van der Waals surface area contributed by atoms with Crippen LogP contribution in [0.4, 0.5) is 8.78 Å². The number of carbonyl (C=O) groups is 3. The van der Waals surface area contributed by atoms with Gasteiger partial charge in [-0.05, 0) is 50.4 Å². The van der Waals surface area contributed by atoms with Crippen LogP contribution in [0.15, 0.2) is 0 Å². The van der Waals surface area contributed by atoms with Crippen molar-refractivity contribution < 1.29 is 32.6 Å². The number of ether oxygens (including phenoxy) is 2. The SMILES string of the molecule is CCCCC(F)(F)C(=O)CC[C@H]1CC[C@H](OC(C)=O)[C@@H]1CCCCCCC(=O)OC. The summed E-state index contributed by atoms with van der Waals surface area (Å²) < 4.78 is 38.1. The third-order valence-corrected chi connectivity index (χ3v) is 6.11. The molecule has 5 nitrogen and oxygen atoms in total. The van der Waals surface area contributed by atoms with Crippen LogP contribution in [0.1, 0.15) is 97.3 Å². The van der Waals surface area contributed by atoms with Crippen molar-refractivity contribution in [2.75, 3.05) is 7.11 Å². The third-order valence-electron chi connectivity index (χ3n) is 6.11. The molecule has 1 aliphatic carbocycles. The lowest BCUT2D eigenvalue weighted by Crippen LogP contribution is -2.30. The zero-order chi connectivity index (χ0) is 22.6. The average Bonchev–Trinajstić information content (AvgIpc) is 3.07. The Kier molecular flexibility index (Phi) is 12.1. The number of halogens is 2. The number of hydrogen-bond donors (Lipinski definition) is 0. The lowest BCUT2D eigenvalue weighted by atomic mass is 9.85. The molecule has 0 aliphatic heterocycles. The zero-order valence-corrected chi connectivity index (χ0v) is 18.7. The summed E-state index contributed by atoms with van der Waals surface area (Å²) in [4.78, 5) is 34.6. The molecule has 0 amide bonds. The molecule has 30 heavy (non-hydrogen) atoms. The van der Waals surface area contributed by atoms with Gasteiger partial charge < -0.3 is 9.47 Å². The van der Waals surface area contributed by atoms with Crippen LogP contribution >= 0.6 is 0 Å². The monoisotopic (exact) mass is 432 g/mol. The smallest absolute Gasteiger partial charge is 0.305 e. The summed E-state index contributed by atoms with van der Waals surface area (Å²) in [6.07, 6.45) is 7.01. The maximum absolute atomic E-state index is 14.0. The van der Waals surface area contributed by atoms with Crippen LogP contribution in [-0.4, -0.2) is 36.9 Å². The Morgan fingerprint density at radius 3 is 2.30 bits per heavy atom. The van der Waals surface area contributed by atoms with Gasteiger partial charge in [0.2, 0.25) is 5.78 Å². The summed E-state index contributed by atoms with van der Waals surface area (Å²) in [5, 5.41) is 0. The summed E-state index contributed by atoms with van der Waals surface area (Å²) >= 11 is 0. The van der Waals surface area contributed by atoms with E-state index in [1.165, 1.54) is 14.0 Å². The lowest BCUT2D eigenvalue weighted by molar-refractivity contribution is -0.149. The van der Waals surface area contributed by atoms with Gasteiger partial charge in [0.15, 0.2) is 0 Å². The fraction of sp³-hybridized carbons (Fsp3) is 0.870. The van der Waals surface area contributed by atoms with Gasteiger partial charge >= 0.3 is 17.9 Å². The number of Topliss-reactive ketones (excluding diaryl/α,β-unsaturated/α-hetero) is 1. The third kappa shape index (κ3) is 9.52. The van der Waals surface area contributed by atoms with Gasteiger partial charge in [-0.1, -0.05) is 32.6 Å². The number of carbonyl (C=O) groups excluding carboxylic acids is 3. The second-order valence-corrected chi connectivity index (χ2v) is 8.45. The lowest BCUT2D eigenvalue weighted by Gasteiger charge is -2.25. The highest BCUT2D eigenvalue weighted by atomic mass is 19.3. The largest absolute Gasteiger partial charge is 0.469 e. The van der Waals surface area contributed by atoms with Crippen molar-refractivity contribution in [2.45, 2.75) is 109 Å². The van der Waals surface area contributed by atoms with Crippen molar-refractivity contribution in [3.63, 3.8) is 0 Å². The summed E-state index contributed by atoms with van der Waals surface area (Å²) in [6, 6.07) is 0. The second-order valence-electron chi connectivity index (χ2n) is 8.45. The first-order valence-corrected chi connectivity index (χ1v) is 11.4. The van der Waals surface area contributed by atoms with Crippen LogP contribution in [-0.2, 0) is 23.9 Å². The molecule has 1 fully saturated rings. The van der Waals surface area contributed by atoms with Crippen molar-refractivity contribution in [2.24, 2.45) is 11.8 Å². The minimum atomic E-state index is -3.24. The Morgan fingerprint density at radius 2 is 1.67 bits per heavy atom. The maximum atomic E-state index is 14.0. The van der Waals surface area contributed by atoms with Crippen LogP contribution in [0.3, 0.4) is 0 Å². The van der Waals surface area contributed by atoms with Gasteiger partial charge in [-0.3, -0.25) is 14.4 Å². The Labute approximate surface area is 179 Å². The minimum absolute atomic E-state index is 0.103. The van der Waals surface area contributed by atoms with E-state index in [9.17, 15) is 23.2 Å². The number of rotatable bonds is 15. The van der Waals surface area contributed by atoms with E-state index in [0.29, 0.717) is 25.7 Å². The zero-order valence-electron chi connectivity index (χ0n) is 18.7. The number of unbranched alkanes of at least 4 members (excludes halogenated alkanes) is 4. The molecule has 0 aromatic carbocycles. The van der Waals surface area contributed by atoms with Crippen LogP contribution in [0.25, 0.3) is 0 Å². The fourth-order valence-corrected chi connectivity index (χ4v) is 4.39. The molecule has 0 unspecified atom stereocenters. The Balaban J connectivity index is 2.52. The van der Waals surface area contributed by atoms with Crippen LogP contribution in [0, 0.1) is 11.8 Å². The summed E-state index contributed by atoms with van der Waals surface area (Å²) in [5.74, 6) is -4.51. The van der Waals surface area contributed by atoms with E-state index in [0.717, 1.165) is 44.9 Å². The van der Waals surface area contributed by atoms with Gasteiger partial charge in [0, 0.05) is 26.2 Å². The van der Waals surface area contributed by atoms with Crippen molar-refractivity contribution in [3.05, 3.63) is 0 Å². The molecule has 0 radical (unpaired) electrons. The first-order valence-electron chi connectivity index (χ1n) is 11.4. The molecule has 0 saturated heterocycles. The molecule has 0 aromatic rings. The quantitative estimate of drug-likeness (QED) is 0.248. The van der Waals surface area contributed by atoms with Crippen molar-refractivity contribution in [1.82, 2.24) is 0 Å². The van der Waals surface area contributed by atoms with Gasteiger partial charge in [-0.15, -0.1) is 0 Å². The van der Waals surface area contributed by atoms with Crippen LogP contribution < -0.4 is 0 Å². The van der Waals surface area contributed by atoms with Crippen molar-refractivity contribution in [3.8, 4) is 0 Å². The number of hydrogen-bond acceptors (Lipinski definition) is 5. The molecule has 1 rings (SSSR count). The summed E-state index contributed by atoms with van der Waals surface area (Å²) in [7, 11) is 1.38. The van der Waals surface area contributed by atoms with Crippen molar-refractivity contribution in [1.29, 1.82) is 0 Å². The molecule has 174 valence electrons. The van der Waals surface area contributed by atoms with Gasteiger partial charge in [-0.25, -0.2) is 0 Å². The molecule has 0 aromatic heterocycles. The molecule has 0 spiro atoms. The number of alkyl halides is 2. The van der Waals surface area contributed by atoms with E-state index >= 15 is 0 Å². The molecular formula is C23H38F2O5. The highest BCUT2D eigenvalue weighted by Gasteiger charge is 2.41.